The second-order valence-electron chi connectivity index (χ2n) is 5.77. The fourth-order valence-electron chi connectivity index (χ4n) is 2.16. The molecule has 2 atom stereocenters. The molecule has 0 spiro atoms. The molecule has 1 aliphatic heterocycles. The fourth-order valence-corrected chi connectivity index (χ4v) is 2.16. The number of ether oxygens (including phenoxy) is 1. The van der Waals surface area contributed by atoms with E-state index in [-0.39, 0.29) is 11.9 Å². The molecule has 0 radical (unpaired) electrons. The number of cyclic esters (lactones) is 1. The first-order valence-corrected chi connectivity index (χ1v) is 9.29. The highest BCUT2D eigenvalue weighted by atomic mass is 16.9. The smallest absolute Gasteiger partial charge is 0.309 e. The van der Waals surface area contributed by atoms with Gasteiger partial charge in [-0.3, -0.25) is 4.79 Å². The van der Waals surface area contributed by atoms with E-state index < -0.39 is 35.6 Å². The first-order valence-electron chi connectivity index (χ1n) is 9.29. The lowest BCUT2D eigenvalue weighted by atomic mass is 9.89. The summed E-state index contributed by atoms with van der Waals surface area (Å²) in [5, 5.41) is 95.5. The lowest BCUT2D eigenvalue weighted by Crippen LogP contribution is -2.18. The van der Waals surface area contributed by atoms with Gasteiger partial charge in [0, 0.05) is 24.9 Å². The van der Waals surface area contributed by atoms with E-state index in [2.05, 4.69) is 4.98 Å². The van der Waals surface area contributed by atoms with Crippen molar-refractivity contribution in [3.8, 4) is 0 Å². The zero-order valence-corrected chi connectivity index (χ0v) is 21.1. The van der Waals surface area contributed by atoms with Gasteiger partial charge in [0.25, 0.3) is 35.6 Å². The minimum Gasteiger partial charge on any atom is -0.465 e. The fraction of sp³-hybridized carbons (Fsp3) is 0.636. The van der Waals surface area contributed by atoms with Crippen molar-refractivity contribution in [3.05, 3.63) is 89.0 Å². The number of hydrogen-bond acceptors (Lipinski definition) is 17. The molecule has 7 N–H and O–H groups in total. The van der Waals surface area contributed by atoms with E-state index in [0.29, 0.717) is 12.5 Å². The summed E-state index contributed by atoms with van der Waals surface area (Å²) in [6.07, 6.45) is 5.38. The molecule has 0 aromatic carbocycles. The second kappa shape index (κ2) is 31.3. The number of esters is 1. The van der Waals surface area contributed by atoms with Crippen LogP contribution in [0, 0.1) is 82.6 Å². The molecule has 0 aliphatic carbocycles. The van der Waals surface area contributed by atoms with Crippen LogP contribution in [0.1, 0.15) is 19.0 Å². The molecule has 1 aliphatic rings. The van der Waals surface area contributed by atoms with Crippen molar-refractivity contribution >= 4 is 5.97 Å². The van der Waals surface area contributed by atoms with Crippen molar-refractivity contribution in [2.75, 3.05) is 6.61 Å². The van der Waals surface area contributed by atoms with Crippen molar-refractivity contribution < 1.29 is 81.6 Å². The Morgan fingerprint density at radius 2 is 1.02 bits per heavy atom. The van der Waals surface area contributed by atoms with E-state index in [9.17, 15) is 4.79 Å². The number of nitrogens with zero attached hydrogens (tertiary/aromatic N) is 9. The van der Waals surface area contributed by atoms with Crippen LogP contribution >= 0.6 is 0 Å². The number of imidazole rings is 1. The van der Waals surface area contributed by atoms with Gasteiger partial charge in [0.15, 0.2) is 0 Å². The lowest BCUT2D eigenvalue weighted by Gasteiger charge is -2.12. The zero-order chi connectivity index (χ0) is 35.9. The van der Waals surface area contributed by atoms with Crippen molar-refractivity contribution in [3.63, 3.8) is 0 Å². The average molecular weight is 649 g/mol. The molecule has 0 unspecified atom stereocenters. The molecule has 250 valence electrons. The first kappa shape index (κ1) is 49.1. The molecule has 43 heavy (non-hydrogen) atoms. The van der Waals surface area contributed by atoms with Gasteiger partial charge in [-0.25, -0.2) is 4.98 Å². The minimum atomic E-state index is -1.50. The van der Waals surface area contributed by atoms with Gasteiger partial charge in [-0.1, -0.05) is 6.92 Å². The average Bonchev–Trinajstić information content (AvgIpc) is 3.30. The number of hydrogen-bond donors (Lipinski definition) is 7. The molecule has 32 nitrogen and oxygen atoms in total. The molecular weight excluding hydrogens is 626 g/mol. The van der Waals surface area contributed by atoms with E-state index in [1.807, 2.05) is 24.7 Å². The van der Waals surface area contributed by atoms with Gasteiger partial charge in [-0.15, -0.1) is 70.8 Å². The number of carbonyl (C=O) groups is 1. The Hall–Kier alpha value is -6.92. The van der Waals surface area contributed by atoms with E-state index in [1.165, 1.54) is 0 Å². The van der Waals surface area contributed by atoms with Gasteiger partial charge < -0.3 is 45.8 Å². The van der Waals surface area contributed by atoms with E-state index in [0.717, 1.165) is 18.5 Å². The molecule has 1 aromatic heterocycles. The van der Waals surface area contributed by atoms with Crippen LogP contribution in [-0.4, -0.2) is 94.2 Å². The normalized spacial score (nSPS) is 12.8. The molecule has 0 saturated carbocycles. The Bertz CT molecular complexity index is 838. The Labute approximate surface area is 232 Å². The lowest BCUT2D eigenvalue weighted by molar-refractivity contribution is -0.742. The van der Waals surface area contributed by atoms with Gasteiger partial charge in [0.1, 0.15) is 0 Å². The highest BCUT2D eigenvalue weighted by molar-refractivity contribution is 5.74. The standard InChI is InChI=1S/C11H16N2O2.7HNO3/c1-3-10-8(6-15-11(10)14)4-9-5-12-7-13(9)2;7*2-1(3)4/h5,7-8,10H,3-4,6H2,1-2H3;7*(H,2,3,4)/t8-,10-;;;;;;;/m0......./s1. The van der Waals surface area contributed by atoms with Crippen LogP contribution in [0.15, 0.2) is 12.5 Å². The summed E-state index contributed by atoms with van der Waals surface area (Å²) in [4.78, 5) is 74.0. The topological polar surface area (TPSA) is 488 Å². The van der Waals surface area contributed by atoms with Crippen LogP contribution in [0.5, 0.6) is 0 Å². The molecule has 1 fully saturated rings. The second-order valence-corrected chi connectivity index (χ2v) is 5.77. The van der Waals surface area contributed by atoms with Gasteiger partial charge in [0.2, 0.25) is 0 Å². The molecule has 0 amide bonds. The predicted molar refractivity (Wildman–Crippen MR) is 117 cm³/mol. The van der Waals surface area contributed by atoms with Gasteiger partial charge in [-0.05, 0) is 12.8 Å². The van der Waals surface area contributed by atoms with Gasteiger partial charge in [0.05, 0.1) is 18.9 Å². The maximum Gasteiger partial charge on any atom is 0.309 e. The van der Waals surface area contributed by atoms with Crippen LogP contribution < -0.4 is 0 Å². The molecule has 1 saturated heterocycles. The maximum atomic E-state index is 11.4. The van der Waals surface area contributed by atoms with Crippen LogP contribution in [-0.2, 0) is 23.0 Å². The van der Waals surface area contributed by atoms with E-state index >= 15 is 0 Å². The SMILES string of the molecule is CC[C@@H]1C(=O)OC[C@@H]1Cc1cncn1C.O=[N+]([O-])O.O=[N+]([O-])O.O=[N+]([O-])O.O=[N+]([O-])O.O=[N+]([O-])O.O=[N+]([O-])O.O=[N+]([O-])O. The molecule has 32 heteroatoms. The van der Waals surface area contributed by atoms with Gasteiger partial charge >= 0.3 is 5.97 Å². The van der Waals surface area contributed by atoms with Crippen LogP contribution in [0.2, 0.25) is 0 Å². The maximum absolute atomic E-state index is 11.4. The molecule has 2 heterocycles. The summed E-state index contributed by atoms with van der Waals surface area (Å²) < 4.78 is 7.08. The minimum absolute atomic E-state index is 0.0373. The third-order valence-corrected chi connectivity index (χ3v) is 3.14. The van der Waals surface area contributed by atoms with Gasteiger partial charge in [-0.2, -0.15) is 0 Å². The summed E-state index contributed by atoms with van der Waals surface area (Å²) in [5.74, 6) is 0.350. The molecule has 2 rings (SSSR count). The molecule has 1 aromatic rings. The number of aromatic nitrogens is 2. The van der Waals surface area contributed by atoms with Crippen molar-refractivity contribution in [2.24, 2.45) is 18.9 Å². The third kappa shape index (κ3) is 78.7. The molecule has 0 bridgehead atoms. The van der Waals surface area contributed by atoms with Crippen LogP contribution in [0.4, 0.5) is 0 Å². The summed E-state index contributed by atoms with van der Waals surface area (Å²) in [7, 11) is 1.97. The highest BCUT2D eigenvalue weighted by Crippen LogP contribution is 2.27. The van der Waals surface area contributed by atoms with E-state index in [1.54, 1.807) is 6.33 Å². The number of carbonyl (C=O) groups excluding carboxylic acids is 1. The summed E-state index contributed by atoms with van der Waals surface area (Å²) in [6.45, 7) is 2.59. The quantitative estimate of drug-likeness (QED) is 0.114. The largest absolute Gasteiger partial charge is 0.465 e. The number of aryl methyl sites for hydroxylation is 1. The highest BCUT2D eigenvalue weighted by Gasteiger charge is 2.35. The Balaban J connectivity index is -0.000000103. The monoisotopic (exact) mass is 649 g/mol. The predicted octanol–water partition coefficient (Wildman–Crippen LogP) is -1.27. The summed E-state index contributed by atoms with van der Waals surface area (Å²) >= 11 is 0. The zero-order valence-electron chi connectivity index (χ0n) is 21.1. The summed E-state index contributed by atoms with van der Waals surface area (Å²) in [5.41, 5.74) is 1.16. The van der Waals surface area contributed by atoms with Crippen LogP contribution in [0.3, 0.4) is 0 Å². The van der Waals surface area contributed by atoms with E-state index in [4.69, 9.17) is 112 Å². The van der Waals surface area contributed by atoms with Crippen LogP contribution in [0.25, 0.3) is 0 Å². The first-order chi connectivity index (χ1) is 19.3. The number of rotatable bonds is 3. The van der Waals surface area contributed by atoms with Crippen molar-refractivity contribution in [1.29, 1.82) is 0 Å². The Kier molecular flexibility index (Phi) is 35.7. The molecular formula is C11H23N9O23. The van der Waals surface area contributed by atoms with Crippen molar-refractivity contribution in [1.82, 2.24) is 9.55 Å². The summed E-state index contributed by atoms with van der Waals surface area (Å²) in [6, 6.07) is 0. The van der Waals surface area contributed by atoms with Crippen molar-refractivity contribution in [2.45, 2.75) is 19.8 Å². The Morgan fingerprint density at radius 3 is 1.23 bits per heavy atom. The third-order valence-electron chi connectivity index (χ3n) is 3.14. The Morgan fingerprint density at radius 1 is 0.744 bits per heavy atom.